The number of likely N-dealkylation sites (tertiary alicyclic amines) is 1. The van der Waals surface area contributed by atoms with Crippen LogP contribution >= 0.6 is 0 Å². The molecule has 1 aliphatic carbocycles. The van der Waals surface area contributed by atoms with Gasteiger partial charge in [0.05, 0.1) is 14.2 Å². The van der Waals surface area contributed by atoms with Crippen LogP contribution in [0.4, 0.5) is 0 Å². The summed E-state index contributed by atoms with van der Waals surface area (Å²) in [5.41, 5.74) is 0.700. The zero-order valence-electron chi connectivity index (χ0n) is 16.7. The van der Waals surface area contributed by atoms with E-state index in [-0.39, 0.29) is 12.5 Å². The number of esters is 1. The maximum absolute atomic E-state index is 12.6. The number of methoxy groups -OCH3 is 2. The Labute approximate surface area is 166 Å². The lowest BCUT2D eigenvalue weighted by Crippen LogP contribution is -2.50. The topological polar surface area (TPSA) is 65.1 Å². The molecule has 1 aromatic carbocycles. The highest BCUT2D eigenvalue weighted by Gasteiger charge is 2.35. The van der Waals surface area contributed by atoms with Gasteiger partial charge in [-0.05, 0) is 55.9 Å². The quantitative estimate of drug-likeness (QED) is 0.553. The molecule has 0 unspecified atom stereocenters. The molecule has 2 fully saturated rings. The van der Waals surface area contributed by atoms with E-state index in [1.54, 1.807) is 38.5 Å². The number of nitrogens with zero attached hydrogens (tertiary/aromatic N) is 1. The zero-order chi connectivity index (χ0) is 19.9. The maximum atomic E-state index is 12.6. The third-order valence-electron chi connectivity index (χ3n) is 5.74. The van der Waals surface area contributed by atoms with Gasteiger partial charge in [-0.3, -0.25) is 4.79 Å². The van der Waals surface area contributed by atoms with E-state index in [9.17, 15) is 9.59 Å². The van der Waals surface area contributed by atoms with E-state index in [0.717, 1.165) is 19.4 Å². The van der Waals surface area contributed by atoms with Crippen LogP contribution in [0.5, 0.6) is 11.5 Å². The van der Waals surface area contributed by atoms with Crippen molar-refractivity contribution in [3.63, 3.8) is 0 Å². The molecule has 1 amide bonds. The highest BCUT2D eigenvalue weighted by molar-refractivity contribution is 5.89. The van der Waals surface area contributed by atoms with Crippen molar-refractivity contribution in [2.75, 3.05) is 27.4 Å². The van der Waals surface area contributed by atoms with Gasteiger partial charge in [0.25, 0.3) is 5.91 Å². The van der Waals surface area contributed by atoms with Gasteiger partial charge in [-0.1, -0.05) is 12.8 Å². The minimum atomic E-state index is -0.546. The Balaban J connectivity index is 1.55. The first-order valence-electron chi connectivity index (χ1n) is 9.98. The van der Waals surface area contributed by atoms with Crippen LogP contribution in [0.3, 0.4) is 0 Å². The molecule has 0 bridgehead atoms. The van der Waals surface area contributed by atoms with E-state index in [4.69, 9.17) is 14.2 Å². The second kappa shape index (κ2) is 9.62. The number of hydrogen-bond donors (Lipinski definition) is 0. The van der Waals surface area contributed by atoms with E-state index < -0.39 is 5.97 Å². The average molecular weight is 387 g/mol. The van der Waals surface area contributed by atoms with Crippen molar-refractivity contribution in [2.45, 2.75) is 44.6 Å². The fourth-order valence-corrected chi connectivity index (χ4v) is 4.33. The van der Waals surface area contributed by atoms with Gasteiger partial charge in [-0.2, -0.15) is 0 Å². The molecule has 1 aliphatic heterocycles. The molecular weight excluding hydrogens is 358 g/mol. The third-order valence-corrected chi connectivity index (χ3v) is 5.74. The number of rotatable bonds is 6. The van der Waals surface area contributed by atoms with Crippen molar-refractivity contribution < 1.29 is 23.8 Å². The van der Waals surface area contributed by atoms with Gasteiger partial charge < -0.3 is 19.1 Å². The van der Waals surface area contributed by atoms with E-state index in [1.165, 1.54) is 31.8 Å². The van der Waals surface area contributed by atoms with E-state index >= 15 is 0 Å². The lowest BCUT2D eigenvalue weighted by molar-refractivity contribution is -0.151. The lowest BCUT2D eigenvalue weighted by atomic mass is 9.78. The summed E-state index contributed by atoms with van der Waals surface area (Å²) in [6.07, 6.45) is 9.87. The Morgan fingerprint density at radius 3 is 2.68 bits per heavy atom. The summed E-state index contributed by atoms with van der Waals surface area (Å²) in [6.45, 7) is 0.566. The average Bonchev–Trinajstić information content (AvgIpc) is 2.75. The van der Waals surface area contributed by atoms with Crippen molar-refractivity contribution in [3.05, 3.63) is 29.8 Å². The van der Waals surface area contributed by atoms with Gasteiger partial charge in [0, 0.05) is 24.2 Å². The van der Waals surface area contributed by atoms with E-state index in [2.05, 4.69) is 0 Å². The second-order valence-corrected chi connectivity index (χ2v) is 7.39. The molecule has 2 aliphatic rings. The molecule has 1 heterocycles. The van der Waals surface area contributed by atoms with E-state index in [0.29, 0.717) is 29.0 Å². The predicted octanol–water partition coefficient (Wildman–Crippen LogP) is 3.44. The Morgan fingerprint density at radius 2 is 1.89 bits per heavy atom. The smallest absolute Gasteiger partial charge is 0.331 e. The van der Waals surface area contributed by atoms with Crippen LogP contribution in [0.15, 0.2) is 24.3 Å². The molecule has 28 heavy (non-hydrogen) atoms. The Hall–Kier alpha value is -2.50. The van der Waals surface area contributed by atoms with Gasteiger partial charge in [0.1, 0.15) is 11.5 Å². The SMILES string of the molecule is COc1ccc(OC)c(/C=C/C(=O)OCC(=O)N2CCC[C@H]3CCCC[C@@H]32)c1. The number of fused-ring (bicyclic) bond motifs is 1. The van der Waals surface area contributed by atoms with Crippen molar-refractivity contribution in [3.8, 4) is 11.5 Å². The zero-order valence-corrected chi connectivity index (χ0v) is 16.7. The predicted molar refractivity (Wildman–Crippen MR) is 106 cm³/mol. The molecule has 2 atom stereocenters. The van der Waals surface area contributed by atoms with Gasteiger partial charge in [-0.25, -0.2) is 4.79 Å². The summed E-state index contributed by atoms with van der Waals surface area (Å²) < 4.78 is 15.7. The highest BCUT2D eigenvalue weighted by Crippen LogP contribution is 2.35. The van der Waals surface area contributed by atoms with Gasteiger partial charge >= 0.3 is 5.97 Å². The molecule has 0 aromatic heterocycles. The first-order chi connectivity index (χ1) is 13.6. The first-order valence-corrected chi connectivity index (χ1v) is 9.98. The standard InChI is InChI=1S/C22H29NO5/c1-26-18-10-11-20(27-2)17(14-18)9-12-22(25)28-15-21(24)23-13-5-7-16-6-3-4-8-19(16)23/h9-12,14,16,19H,3-8,13,15H2,1-2H3/b12-9+/t16-,19+/m1/s1. The minimum Gasteiger partial charge on any atom is -0.497 e. The second-order valence-electron chi connectivity index (χ2n) is 7.39. The number of amides is 1. The van der Waals surface area contributed by atoms with Crippen molar-refractivity contribution >= 4 is 18.0 Å². The molecule has 1 saturated carbocycles. The first kappa shape index (κ1) is 20.2. The molecule has 1 saturated heterocycles. The Morgan fingerprint density at radius 1 is 1.11 bits per heavy atom. The Bertz CT molecular complexity index is 728. The summed E-state index contributed by atoms with van der Waals surface area (Å²) in [7, 11) is 3.14. The van der Waals surface area contributed by atoms with E-state index in [1.807, 2.05) is 4.90 Å². The fraction of sp³-hybridized carbons (Fsp3) is 0.545. The molecule has 6 nitrogen and oxygen atoms in total. The van der Waals surface area contributed by atoms with Crippen molar-refractivity contribution in [1.82, 2.24) is 4.90 Å². The van der Waals surface area contributed by atoms with Crippen LogP contribution in [0.1, 0.15) is 44.1 Å². The monoisotopic (exact) mass is 387 g/mol. The number of carbonyl (C=O) groups is 2. The van der Waals surface area contributed by atoms with Crippen LogP contribution in [-0.2, 0) is 14.3 Å². The van der Waals surface area contributed by atoms with Crippen LogP contribution < -0.4 is 9.47 Å². The molecule has 1 aromatic rings. The molecule has 0 spiro atoms. The van der Waals surface area contributed by atoms with Gasteiger partial charge in [0.2, 0.25) is 0 Å². The molecule has 6 heteroatoms. The van der Waals surface area contributed by atoms with Gasteiger partial charge in [0.15, 0.2) is 6.61 Å². The molecule has 0 radical (unpaired) electrons. The summed E-state index contributed by atoms with van der Waals surface area (Å²) >= 11 is 0. The Kier molecular flexibility index (Phi) is 6.95. The third kappa shape index (κ3) is 4.86. The van der Waals surface area contributed by atoms with Crippen molar-refractivity contribution in [1.29, 1.82) is 0 Å². The molecule has 0 N–H and O–H groups in total. The summed E-state index contributed by atoms with van der Waals surface area (Å²) in [6, 6.07) is 5.64. The normalized spacial score (nSPS) is 21.9. The minimum absolute atomic E-state index is 0.0858. The summed E-state index contributed by atoms with van der Waals surface area (Å²) in [5.74, 6) is 1.27. The lowest BCUT2D eigenvalue weighted by Gasteiger charge is -2.44. The maximum Gasteiger partial charge on any atom is 0.331 e. The largest absolute Gasteiger partial charge is 0.497 e. The van der Waals surface area contributed by atoms with Crippen LogP contribution in [0.25, 0.3) is 6.08 Å². The van der Waals surface area contributed by atoms with Gasteiger partial charge in [-0.15, -0.1) is 0 Å². The number of benzene rings is 1. The summed E-state index contributed by atoms with van der Waals surface area (Å²) in [5, 5.41) is 0. The van der Waals surface area contributed by atoms with Crippen molar-refractivity contribution in [2.24, 2.45) is 5.92 Å². The summed E-state index contributed by atoms with van der Waals surface area (Å²) in [4.78, 5) is 26.6. The van der Waals surface area contributed by atoms with Crippen LogP contribution in [0.2, 0.25) is 0 Å². The number of piperidine rings is 1. The highest BCUT2D eigenvalue weighted by atomic mass is 16.5. The van der Waals surface area contributed by atoms with Crippen LogP contribution in [0, 0.1) is 5.92 Å². The number of hydrogen-bond acceptors (Lipinski definition) is 5. The number of carbonyl (C=O) groups excluding carboxylic acids is 2. The molecule has 152 valence electrons. The fourth-order valence-electron chi connectivity index (χ4n) is 4.33. The molecular formula is C22H29NO5. The molecule has 3 rings (SSSR count). The number of ether oxygens (including phenoxy) is 3. The van der Waals surface area contributed by atoms with Crippen LogP contribution in [-0.4, -0.2) is 50.2 Å².